The minimum atomic E-state index is -0.484. The molecule has 2 aromatic heterocycles. The molecule has 1 atom stereocenters. The maximum atomic E-state index is 16.3. The Hall–Kier alpha value is -4.36. The SMILES string of the molecule is C1NC2CC1C2.COc1ccccc1O.Cc1nc2c(F)c(-c3cccc(Cl)c3Cl)c(CCC#N)cc2c2[nH]c(C3CCCN3C(=O)C3CC3)cc12. The Morgan fingerprint density at radius 2 is 1.90 bits per heavy atom. The molecule has 5 aromatic rings. The van der Waals surface area contributed by atoms with E-state index in [9.17, 15) is 10.1 Å². The number of aromatic nitrogens is 2. The Bertz CT molecular complexity index is 2160. The summed E-state index contributed by atoms with van der Waals surface area (Å²) in [6, 6.07) is 19.0. The molecule has 3 saturated heterocycles. The Labute approximate surface area is 312 Å². The van der Waals surface area contributed by atoms with Crippen LogP contribution in [0, 0.1) is 35.9 Å². The second-order valence-corrected chi connectivity index (χ2v) is 15.0. The Morgan fingerprint density at radius 3 is 2.54 bits per heavy atom. The highest BCUT2D eigenvalue weighted by Crippen LogP contribution is 2.43. The lowest BCUT2D eigenvalue weighted by Gasteiger charge is -2.24. The molecule has 11 heteroatoms. The van der Waals surface area contributed by atoms with Crippen LogP contribution in [0.4, 0.5) is 4.39 Å². The van der Waals surface area contributed by atoms with Gasteiger partial charge >= 0.3 is 0 Å². The Balaban J connectivity index is 0.000000229. The van der Waals surface area contributed by atoms with Crippen LogP contribution in [-0.2, 0) is 11.2 Å². The largest absolute Gasteiger partial charge is 0.504 e. The molecule has 2 saturated carbocycles. The monoisotopic (exact) mass is 741 g/mol. The second kappa shape index (κ2) is 15.3. The average molecular weight is 743 g/mol. The number of aryl methyl sites for hydroxylation is 2. The van der Waals surface area contributed by atoms with E-state index in [0.29, 0.717) is 45.0 Å². The number of nitrogens with one attached hydrogen (secondary N) is 2. The topological polar surface area (TPSA) is 114 Å². The third-order valence-corrected chi connectivity index (χ3v) is 11.5. The molecule has 5 aliphatic rings. The molecule has 8 nitrogen and oxygen atoms in total. The molecule has 3 aromatic carbocycles. The number of benzene rings is 3. The van der Waals surface area contributed by atoms with Gasteiger partial charge in [-0.25, -0.2) is 9.37 Å². The summed E-state index contributed by atoms with van der Waals surface area (Å²) in [5.74, 6) is 1.70. The molecule has 52 heavy (non-hydrogen) atoms. The first-order valence-corrected chi connectivity index (χ1v) is 18.8. The smallest absolute Gasteiger partial charge is 0.226 e. The first kappa shape index (κ1) is 36.0. The van der Waals surface area contributed by atoms with E-state index < -0.39 is 5.82 Å². The average Bonchev–Trinajstić information content (AvgIpc) is 3.53. The first-order chi connectivity index (χ1) is 25.2. The number of nitrogens with zero attached hydrogens (tertiary/aromatic N) is 3. The number of nitriles is 1. The van der Waals surface area contributed by atoms with Gasteiger partial charge in [-0.1, -0.05) is 47.5 Å². The number of hydrogen-bond donors (Lipinski definition) is 3. The van der Waals surface area contributed by atoms with E-state index >= 15 is 4.39 Å². The number of H-pyrrole nitrogens is 1. The van der Waals surface area contributed by atoms with Crippen molar-refractivity contribution in [2.24, 2.45) is 11.8 Å². The number of amides is 1. The van der Waals surface area contributed by atoms with Crippen molar-refractivity contribution in [2.45, 2.75) is 70.4 Å². The highest BCUT2D eigenvalue weighted by atomic mass is 35.5. The van der Waals surface area contributed by atoms with E-state index in [0.717, 1.165) is 60.8 Å². The van der Waals surface area contributed by atoms with Gasteiger partial charge in [-0.3, -0.25) is 4.79 Å². The number of phenols is 1. The molecule has 5 fully saturated rings. The Kier molecular flexibility index (Phi) is 10.6. The zero-order valence-corrected chi connectivity index (χ0v) is 30.8. The summed E-state index contributed by atoms with van der Waals surface area (Å²) in [5, 5.41) is 23.8. The van der Waals surface area contributed by atoms with Gasteiger partial charge in [0.25, 0.3) is 0 Å². The number of halogens is 3. The summed E-state index contributed by atoms with van der Waals surface area (Å²) < 4.78 is 21.1. The number of ether oxygens (including phenoxy) is 1. The lowest BCUT2D eigenvalue weighted by atomic mass is 9.87. The fourth-order valence-electron chi connectivity index (χ4n) is 7.70. The second-order valence-electron chi connectivity index (χ2n) is 14.2. The quantitative estimate of drug-likeness (QED) is 0.160. The van der Waals surface area contributed by atoms with Crippen LogP contribution in [0.25, 0.3) is 32.9 Å². The van der Waals surface area contributed by atoms with Crippen LogP contribution in [0.1, 0.15) is 67.9 Å². The molecule has 2 aliphatic carbocycles. The van der Waals surface area contributed by atoms with Crippen molar-refractivity contribution in [3.05, 3.63) is 87.4 Å². The number of para-hydroxylation sites is 2. The van der Waals surface area contributed by atoms with Gasteiger partial charge in [0.2, 0.25) is 5.91 Å². The van der Waals surface area contributed by atoms with Gasteiger partial charge in [-0.05, 0) is 100 Å². The Morgan fingerprint density at radius 1 is 1.12 bits per heavy atom. The van der Waals surface area contributed by atoms with E-state index in [1.807, 2.05) is 17.9 Å². The minimum absolute atomic E-state index is 0.0117. The summed E-state index contributed by atoms with van der Waals surface area (Å²) >= 11 is 12.8. The number of aromatic hydroxyl groups is 1. The summed E-state index contributed by atoms with van der Waals surface area (Å²) in [6.07, 6.45) is 7.35. The number of fused-ring (bicyclic) bond motifs is 4. The van der Waals surface area contributed by atoms with Crippen molar-refractivity contribution in [1.29, 1.82) is 5.26 Å². The van der Waals surface area contributed by atoms with Crippen molar-refractivity contribution in [1.82, 2.24) is 20.2 Å². The summed E-state index contributed by atoms with van der Waals surface area (Å²) in [6.45, 7) is 3.95. The van der Waals surface area contributed by atoms with E-state index in [1.165, 1.54) is 26.5 Å². The highest BCUT2D eigenvalue weighted by Gasteiger charge is 2.39. The molecule has 270 valence electrons. The maximum absolute atomic E-state index is 16.3. The molecule has 1 amide bonds. The van der Waals surface area contributed by atoms with Gasteiger partial charge in [0.05, 0.1) is 34.8 Å². The van der Waals surface area contributed by atoms with Crippen LogP contribution < -0.4 is 10.1 Å². The summed E-state index contributed by atoms with van der Waals surface area (Å²) in [4.78, 5) is 23.1. The zero-order chi connectivity index (χ0) is 36.5. The van der Waals surface area contributed by atoms with Gasteiger partial charge in [0, 0.05) is 58.2 Å². The number of hydrogen-bond acceptors (Lipinski definition) is 6. The lowest BCUT2D eigenvalue weighted by Crippen LogP contribution is -2.31. The third-order valence-electron chi connectivity index (χ3n) is 10.7. The number of pyridine rings is 1. The lowest BCUT2D eigenvalue weighted by molar-refractivity contribution is -0.133. The van der Waals surface area contributed by atoms with E-state index in [-0.39, 0.29) is 40.6 Å². The van der Waals surface area contributed by atoms with Gasteiger partial charge in [0.1, 0.15) is 5.52 Å². The number of methoxy groups -OCH3 is 1. The molecule has 2 bridgehead atoms. The molecule has 0 radical (unpaired) electrons. The van der Waals surface area contributed by atoms with E-state index in [1.54, 1.807) is 42.5 Å². The number of rotatable bonds is 6. The van der Waals surface area contributed by atoms with Crippen LogP contribution >= 0.6 is 23.2 Å². The first-order valence-electron chi connectivity index (χ1n) is 18.0. The van der Waals surface area contributed by atoms with Crippen molar-refractivity contribution >= 4 is 50.9 Å². The molecule has 3 N–H and O–H groups in total. The summed E-state index contributed by atoms with van der Waals surface area (Å²) in [7, 11) is 1.52. The fraction of sp³-hybridized carbons (Fsp3) is 0.390. The molecule has 5 heterocycles. The normalized spacial score (nSPS) is 20.1. The molecule has 3 aliphatic heterocycles. The minimum Gasteiger partial charge on any atom is -0.504 e. The zero-order valence-electron chi connectivity index (χ0n) is 29.3. The number of likely N-dealkylation sites (tertiary alicyclic amines) is 1. The molecule has 0 spiro atoms. The van der Waals surface area contributed by atoms with Gasteiger partial charge in [-0.15, -0.1) is 0 Å². The van der Waals surface area contributed by atoms with Crippen molar-refractivity contribution in [3.63, 3.8) is 0 Å². The van der Waals surface area contributed by atoms with E-state index in [4.69, 9.17) is 33.0 Å². The van der Waals surface area contributed by atoms with Crippen molar-refractivity contribution < 1.29 is 19.0 Å². The molecular weight excluding hydrogens is 700 g/mol. The summed E-state index contributed by atoms with van der Waals surface area (Å²) in [5.41, 5.74) is 4.17. The number of carbonyl (C=O) groups is 1. The highest BCUT2D eigenvalue weighted by molar-refractivity contribution is 6.43. The van der Waals surface area contributed by atoms with Gasteiger partial charge in [0.15, 0.2) is 17.3 Å². The van der Waals surface area contributed by atoms with Crippen LogP contribution in [0.15, 0.2) is 54.6 Å². The fourth-order valence-corrected chi connectivity index (χ4v) is 8.09. The van der Waals surface area contributed by atoms with Crippen LogP contribution in [0.3, 0.4) is 0 Å². The standard InChI is InChI=1S/C29H25Cl2FN4O.C7H8O2.C5H9N/c1-15-19-14-22(23-8-4-12-36(23)29(37)16-9-10-16)35-27(19)20-13-17(5-3-11-33)24(26(32)28(20)34-15)18-6-2-7-21(30)25(18)31;1-9-7-5-3-2-4-6(7)8;1-4-2-5(1)6-3-4/h2,6-7,13-14,16,23,35H,3-5,8-10,12H2,1H3;2-5,8H,1H3;4-6H,1-3H2. The van der Waals surface area contributed by atoms with E-state index in [2.05, 4.69) is 27.4 Å². The third kappa shape index (κ3) is 7.17. The molecule has 10 rings (SSSR count). The number of aromatic amines is 1. The van der Waals surface area contributed by atoms with Gasteiger partial charge < -0.3 is 25.0 Å². The number of carbonyl (C=O) groups excluding carboxylic acids is 1. The van der Waals surface area contributed by atoms with Crippen LogP contribution in [0.5, 0.6) is 11.5 Å². The van der Waals surface area contributed by atoms with Crippen LogP contribution in [-0.4, -0.2) is 52.1 Å². The van der Waals surface area contributed by atoms with Crippen molar-refractivity contribution in [3.8, 4) is 28.7 Å². The van der Waals surface area contributed by atoms with Crippen molar-refractivity contribution in [2.75, 3.05) is 20.2 Å². The maximum Gasteiger partial charge on any atom is 0.226 e. The van der Waals surface area contributed by atoms with Gasteiger partial charge in [-0.2, -0.15) is 5.26 Å². The predicted molar refractivity (Wildman–Crippen MR) is 203 cm³/mol. The predicted octanol–water partition coefficient (Wildman–Crippen LogP) is 9.44. The number of phenolic OH excluding ortho intramolecular Hbond substituents is 1. The van der Waals surface area contributed by atoms with Crippen LogP contribution in [0.2, 0.25) is 10.0 Å². The molecule has 1 unspecified atom stereocenters. The molecular formula is C41H42Cl2FN5O3.